The first-order chi connectivity index (χ1) is 17.0. The number of carbonyl (C=O) groups is 2. The number of rotatable bonds is 7. The summed E-state index contributed by atoms with van der Waals surface area (Å²) in [6.45, 7) is 9.47. The van der Waals surface area contributed by atoms with E-state index in [4.69, 9.17) is 26.2 Å². The van der Waals surface area contributed by atoms with Crippen molar-refractivity contribution in [2.75, 3.05) is 26.4 Å². The molecule has 1 aromatic heterocycles. The van der Waals surface area contributed by atoms with Crippen LogP contribution < -0.4 is 5.32 Å². The highest BCUT2D eigenvalue weighted by Gasteiger charge is 2.39. The number of aryl methyl sites for hydroxylation is 1. The van der Waals surface area contributed by atoms with Gasteiger partial charge in [0.1, 0.15) is 5.67 Å². The Morgan fingerprint density at radius 1 is 1.36 bits per heavy atom. The van der Waals surface area contributed by atoms with Gasteiger partial charge in [-0.3, -0.25) is 9.48 Å². The molecule has 1 spiro atoms. The number of alkyl halides is 1. The van der Waals surface area contributed by atoms with Gasteiger partial charge in [0, 0.05) is 42.8 Å². The van der Waals surface area contributed by atoms with Gasteiger partial charge in [0.05, 0.1) is 29.1 Å². The molecule has 2 aromatic rings. The smallest absolute Gasteiger partial charge is 0.338 e. The van der Waals surface area contributed by atoms with Gasteiger partial charge in [0.2, 0.25) is 0 Å². The summed E-state index contributed by atoms with van der Waals surface area (Å²) in [5, 5.41) is 8.18. The molecule has 1 N–H and O–H groups in total. The molecule has 0 aliphatic carbocycles. The second-order valence-electron chi connectivity index (χ2n) is 10.6. The fraction of sp³-hybridized carbons (Fsp3) is 0.593. The van der Waals surface area contributed by atoms with E-state index >= 15 is 0 Å². The molecule has 7 nitrogen and oxygen atoms in total. The maximum Gasteiger partial charge on any atom is 0.338 e. The summed E-state index contributed by atoms with van der Waals surface area (Å²) in [5.74, 6) is -0.646. The minimum atomic E-state index is -1.68. The molecule has 4 rings (SSSR count). The number of benzene rings is 1. The summed E-state index contributed by atoms with van der Waals surface area (Å²) >= 11 is 6.11. The van der Waals surface area contributed by atoms with Crippen LogP contribution in [0.1, 0.15) is 78.2 Å². The number of hydrogen-bond donors (Lipinski definition) is 1. The van der Waals surface area contributed by atoms with E-state index in [9.17, 15) is 14.0 Å². The molecule has 2 aliphatic rings. The predicted molar refractivity (Wildman–Crippen MR) is 135 cm³/mol. The lowest BCUT2D eigenvalue weighted by atomic mass is 9.76. The number of nitrogens with one attached hydrogen (secondary N) is 1. The summed E-state index contributed by atoms with van der Waals surface area (Å²) in [6.07, 6.45) is 3.21. The summed E-state index contributed by atoms with van der Waals surface area (Å²) < 4.78 is 27.5. The number of halogens is 2. The molecular weight excluding hydrogens is 485 g/mol. The minimum Gasteiger partial charge on any atom is -0.462 e. The molecule has 36 heavy (non-hydrogen) atoms. The van der Waals surface area contributed by atoms with Crippen molar-refractivity contribution in [3.63, 3.8) is 0 Å². The third-order valence-corrected chi connectivity index (χ3v) is 7.57. The van der Waals surface area contributed by atoms with E-state index in [0.717, 1.165) is 30.7 Å². The van der Waals surface area contributed by atoms with Gasteiger partial charge in [0.25, 0.3) is 5.91 Å². The van der Waals surface area contributed by atoms with Crippen LogP contribution in [0.25, 0.3) is 0 Å². The minimum absolute atomic E-state index is 0.0336. The highest BCUT2D eigenvalue weighted by Crippen LogP contribution is 2.37. The van der Waals surface area contributed by atoms with Crippen LogP contribution in [0.15, 0.2) is 18.2 Å². The quantitative estimate of drug-likeness (QED) is 0.527. The van der Waals surface area contributed by atoms with Crippen LogP contribution in [0.2, 0.25) is 5.02 Å². The van der Waals surface area contributed by atoms with Crippen LogP contribution >= 0.6 is 11.6 Å². The normalized spacial score (nSPS) is 18.3. The Morgan fingerprint density at radius 2 is 2.08 bits per heavy atom. The molecule has 0 unspecified atom stereocenters. The third-order valence-electron chi connectivity index (χ3n) is 7.24. The molecular formula is C27H35ClFN3O4. The number of amides is 1. The van der Waals surface area contributed by atoms with E-state index in [1.807, 2.05) is 18.5 Å². The fourth-order valence-electron chi connectivity index (χ4n) is 5.08. The van der Waals surface area contributed by atoms with Crippen molar-refractivity contribution in [1.82, 2.24) is 15.1 Å². The second kappa shape index (κ2) is 10.5. The molecule has 0 saturated carbocycles. The van der Waals surface area contributed by atoms with Crippen LogP contribution in [0.5, 0.6) is 0 Å². The van der Waals surface area contributed by atoms with Gasteiger partial charge in [0.15, 0.2) is 0 Å². The Bertz CT molecular complexity index is 1130. The molecule has 196 valence electrons. The standard InChI is InChI=1S/C27H35ClFN3O4/c1-5-21-23-22(13-27(16-30-24(23)33)8-10-35-11-9-27)32(31-21)14-17(2)15-36-25(34)18-6-7-20(28)19(12-18)26(3,4)29/h6-7,12,17H,5,8-11,13-16H2,1-4H3,(H,30,33)/t17-/m1/s1. The molecule has 1 aromatic carbocycles. The molecule has 1 atom stereocenters. The van der Waals surface area contributed by atoms with Crippen LogP contribution in [0, 0.1) is 11.3 Å². The van der Waals surface area contributed by atoms with E-state index < -0.39 is 11.6 Å². The molecule has 0 radical (unpaired) electrons. The lowest BCUT2D eigenvalue weighted by Gasteiger charge is -2.36. The molecule has 1 saturated heterocycles. The Morgan fingerprint density at radius 3 is 2.75 bits per heavy atom. The van der Waals surface area contributed by atoms with Crippen LogP contribution in [0.3, 0.4) is 0 Å². The van der Waals surface area contributed by atoms with Gasteiger partial charge in [-0.05, 0) is 63.1 Å². The van der Waals surface area contributed by atoms with Crippen molar-refractivity contribution < 1.29 is 23.5 Å². The van der Waals surface area contributed by atoms with Gasteiger partial charge in [-0.15, -0.1) is 0 Å². The number of carbonyl (C=O) groups excluding carboxylic acids is 2. The van der Waals surface area contributed by atoms with E-state index in [-0.39, 0.29) is 40.0 Å². The number of hydrogen-bond acceptors (Lipinski definition) is 5. The van der Waals surface area contributed by atoms with Gasteiger partial charge in [-0.25, -0.2) is 9.18 Å². The number of nitrogens with zero attached hydrogens (tertiary/aromatic N) is 2. The van der Waals surface area contributed by atoms with Gasteiger partial charge < -0.3 is 14.8 Å². The summed E-state index contributed by atoms with van der Waals surface area (Å²) in [5.41, 5.74) is 1.23. The predicted octanol–water partition coefficient (Wildman–Crippen LogP) is 4.88. The highest BCUT2D eigenvalue weighted by molar-refractivity contribution is 6.31. The summed E-state index contributed by atoms with van der Waals surface area (Å²) in [7, 11) is 0. The first kappa shape index (κ1) is 26.6. The topological polar surface area (TPSA) is 82.5 Å². The maximum absolute atomic E-state index is 14.5. The Kier molecular flexibility index (Phi) is 7.76. The molecule has 1 fully saturated rings. The molecule has 9 heteroatoms. The van der Waals surface area contributed by atoms with Crippen LogP contribution in [0.4, 0.5) is 4.39 Å². The van der Waals surface area contributed by atoms with Crippen molar-refractivity contribution in [3.8, 4) is 0 Å². The average molecular weight is 520 g/mol. The summed E-state index contributed by atoms with van der Waals surface area (Å²) in [6, 6.07) is 4.50. The first-order valence-electron chi connectivity index (χ1n) is 12.6. The van der Waals surface area contributed by atoms with Gasteiger partial charge in [-0.2, -0.15) is 5.10 Å². The SMILES string of the molecule is CCc1nn(C[C@@H](C)COC(=O)c2ccc(Cl)c(C(C)(C)F)c2)c2c1C(=O)NCC1(CCOCC1)C2. The van der Waals surface area contributed by atoms with E-state index in [1.165, 1.54) is 32.0 Å². The van der Waals surface area contributed by atoms with E-state index in [1.54, 1.807) is 0 Å². The summed E-state index contributed by atoms with van der Waals surface area (Å²) in [4.78, 5) is 25.7. The number of aromatic nitrogens is 2. The molecule has 1 amide bonds. The van der Waals surface area contributed by atoms with Gasteiger partial charge in [-0.1, -0.05) is 25.4 Å². The zero-order valence-corrected chi connectivity index (χ0v) is 22.2. The van der Waals surface area contributed by atoms with E-state index in [2.05, 4.69) is 5.32 Å². The zero-order chi connectivity index (χ0) is 26.1. The van der Waals surface area contributed by atoms with Crippen molar-refractivity contribution in [3.05, 3.63) is 51.3 Å². The monoisotopic (exact) mass is 519 g/mol. The lowest BCUT2D eigenvalue weighted by Crippen LogP contribution is -2.41. The van der Waals surface area contributed by atoms with Crippen LogP contribution in [-0.4, -0.2) is 48.0 Å². The first-order valence-corrected chi connectivity index (χ1v) is 13.0. The molecule has 3 heterocycles. The third kappa shape index (κ3) is 5.59. The Hall–Kier alpha value is -2.45. The second-order valence-corrected chi connectivity index (χ2v) is 11.1. The lowest BCUT2D eigenvalue weighted by molar-refractivity contribution is 0.0151. The van der Waals surface area contributed by atoms with Crippen molar-refractivity contribution in [2.45, 2.75) is 65.6 Å². The van der Waals surface area contributed by atoms with Crippen molar-refractivity contribution in [1.29, 1.82) is 0 Å². The van der Waals surface area contributed by atoms with Crippen molar-refractivity contribution in [2.24, 2.45) is 11.3 Å². The number of ether oxygens (including phenoxy) is 2. The zero-order valence-electron chi connectivity index (χ0n) is 21.5. The Labute approximate surface area is 216 Å². The average Bonchev–Trinajstić information content (AvgIpc) is 3.10. The molecule has 0 bridgehead atoms. The van der Waals surface area contributed by atoms with Crippen molar-refractivity contribution >= 4 is 23.5 Å². The van der Waals surface area contributed by atoms with Gasteiger partial charge >= 0.3 is 5.97 Å². The maximum atomic E-state index is 14.5. The van der Waals surface area contributed by atoms with E-state index in [0.29, 0.717) is 38.3 Å². The highest BCUT2D eigenvalue weighted by atomic mass is 35.5. The Balaban J connectivity index is 1.48. The number of fused-ring (bicyclic) bond motifs is 1. The number of esters is 1. The fourth-order valence-corrected chi connectivity index (χ4v) is 5.42. The molecule has 2 aliphatic heterocycles. The largest absolute Gasteiger partial charge is 0.462 e. The van der Waals surface area contributed by atoms with Crippen LogP contribution in [-0.2, 0) is 34.5 Å².